The minimum absolute atomic E-state index is 0. The first kappa shape index (κ1) is 18.7. The van der Waals surface area contributed by atoms with E-state index in [2.05, 4.69) is 4.31 Å². The molecule has 0 bridgehead atoms. The second-order valence-electron chi connectivity index (χ2n) is 0.529. The Hall–Kier alpha value is 3.93. The summed E-state index contributed by atoms with van der Waals surface area (Å²) in [7, 11) is -6.47. The first-order chi connectivity index (χ1) is 3.13. The van der Waals surface area contributed by atoms with Gasteiger partial charge >= 0.3 is 103 Å². The summed E-state index contributed by atoms with van der Waals surface area (Å²) in [4.78, 5) is 37.0. The molecular weight excluding hydrogens is 220 g/mol. The summed E-state index contributed by atoms with van der Waals surface area (Å²) in [5.41, 5.74) is 0. The molecule has 0 radical (unpaired) electrons. The average Bonchev–Trinajstić information content (AvgIpc) is 1.27. The maximum atomic E-state index is 9.24. The largest absolute Gasteiger partial charge is 1.00 e. The van der Waals surface area contributed by atoms with E-state index in [1.165, 1.54) is 0 Å². The van der Waals surface area contributed by atoms with Crippen LogP contribution in [0.1, 0.15) is 0 Å². The second kappa shape index (κ2) is 11.9. The van der Waals surface area contributed by atoms with E-state index in [0.717, 1.165) is 0 Å². The molecule has 0 saturated heterocycles. The van der Waals surface area contributed by atoms with E-state index in [0.29, 0.717) is 0 Å². The van der Waals surface area contributed by atoms with Crippen molar-refractivity contribution in [2.75, 3.05) is 0 Å². The van der Waals surface area contributed by atoms with Crippen LogP contribution < -0.4 is 122 Å². The first-order valence-electron chi connectivity index (χ1n) is 1.10. The standard InChI is InChI=1S/2K.O5P2/c;;1-6(2)5-7(3)4/q2*+1;-4. The third kappa shape index (κ3) is 18.7. The van der Waals surface area contributed by atoms with Gasteiger partial charge in [0.15, 0.2) is 0 Å². The minimum atomic E-state index is -3.24. The molecule has 0 heterocycles. The molecule has 5 nitrogen and oxygen atoms in total. The van der Waals surface area contributed by atoms with E-state index in [-0.39, 0.29) is 103 Å². The van der Waals surface area contributed by atoms with Crippen LogP contribution in [0.15, 0.2) is 0 Å². The van der Waals surface area contributed by atoms with Crippen LogP contribution in [0.25, 0.3) is 0 Å². The molecule has 0 rings (SSSR count). The summed E-state index contributed by atoms with van der Waals surface area (Å²) < 4.78 is 3.16. The summed E-state index contributed by atoms with van der Waals surface area (Å²) >= 11 is 0. The Labute approximate surface area is 140 Å². The zero-order valence-corrected chi connectivity index (χ0v) is 13.0. The molecular formula is K2O5P2-2. The first-order valence-corrected chi connectivity index (χ1v) is 3.29. The van der Waals surface area contributed by atoms with Crippen molar-refractivity contribution in [3.63, 3.8) is 0 Å². The van der Waals surface area contributed by atoms with E-state index in [1.54, 1.807) is 0 Å². The Morgan fingerprint density at radius 2 is 1.00 bits per heavy atom. The van der Waals surface area contributed by atoms with E-state index >= 15 is 0 Å². The molecule has 0 fully saturated rings. The quantitative estimate of drug-likeness (QED) is 0.339. The summed E-state index contributed by atoms with van der Waals surface area (Å²) in [6.07, 6.45) is 0. The molecule has 0 aromatic carbocycles. The number of hydrogen-bond acceptors (Lipinski definition) is 5. The summed E-state index contributed by atoms with van der Waals surface area (Å²) in [6.45, 7) is 0. The van der Waals surface area contributed by atoms with Gasteiger partial charge in [-0.1, -0.05) is 0 Å². The smallest absolute Gasteiger partial charge is 0.820 e. The van der Waals surface area contributed by atoms with Gasteiger partial charge < -0.3 is 23.9 Å². The molecule has 9 heteroatoms. The van der Waals surface area contributed by atoms with Crippen LogP contribution >= 0.6 is 17.2 Å². The van der Waals surface area contributed by atoms with Crippen LogP contribution in [0.4, 0.5) is 0 Å². The Kier molecular flexibility index (Phi) is 24.7. The molecule has 0 amide bonds. The molecule has 44 valence electrons. The van der Waals surface area contributed by atoms with Gasteiger partial charge in [-0.25, -0.2) is 0 Å². The molecule has 0 aromatic rings. The van der Waals surface area contributed by atoms with Crippen LogP contribution in [-0.2, 0) is 4.31 Å². The van der Waals surface area contributed by atoms with Gasteiger partial charge in [-0.05, 0) is 0 Å². The van der Waals surface area contributed by atoms with Crippen molar-refractivity contribution in [1.29, 1.82) is 0 Å². The van der Waals surface area contributed by atoms with Gasteiger partial charge in [0.1, 0.15) is 0 Å². The SMILES string of the molecule is [K+].[K+].[O-]P([O-])OP([O-])[O-]. The normalized spacial score (nSPS) is 8.67. The molecule has 0 aliphatic heterocycles. The van der Waals surface area contributed by atoms with Crippen LogP contribution in [0.2, 0.25) is 0 Å². The third-order valence-corrected chi connectivity index (χ3v) is 1.20. The predicted molar refractivity (Wildman–Crippen MR) is 14.9 cm³/mol. The molecule has 0 N–H and O–H groups in total. The van der Waals surface area contributed by atoms with E-state index in [1.807, 2.05) is 0 Å². The van der Waals surface area contributed by atoms with Gasteiger partial charge in [-0.15, -0.1) is 0 Å². The molecule has 0 aromatic heterocycles. The van der Waals surface area contributed by atoms with Crippen molar-refractivity contribution < 1.29 is 127 Å². The van der Waals surface area contributed by atoms with Gasteiger partial charge in [-0.2, -0.15) is 17.2 Å². The van der Waals surface area contributed by atoms with Gasteiger partial charge in [0.05, 0.1) is 0 Å². The number of hydrogen-bond donors (Lipinski definition) is 0. The van der Waals surface area contributed by atoms with Gasteiger partial charge in [0.25, 0.3) is 0 Å². The maximum absolute atomic E-state index is 9.24. The fourth-order valence-electron chi connectivity index (χ4n) is 0.0544. The van der Waals surface area contributed by atoms with Crippen molar-refractivity contribution >= 4 is 17.2 Å². The zero-order valence-electron chi connectivity index (χ0n) is 4.94. The molecule has 0 atom stereocenters. The second-order valence-corrected chi connectivity index (χ2v) is 2.08. The van der Waals surface area contributed by atoms with Crippen molar-refractivity contribution in [2.24, 2.45) is 0 Å². The van der Waals surface area contributed by atoms with Gasteiger partial charge in [-0.3, -0.25) is 0 Å². The van der Waals surface area contributed by atoms with Crippen LogP contribution in [0.3, 0.4) is 0 Å². The summed E-state index contributed by atoms with van der Waals surface area (Å²) in [6, 6.07) is 0. The summed E-state index contributed by atoms with van der Waals surface area (Å²) in [5, 5.41) is 0. The molecule has 0 aliphatic rings. The molecule has 0 spiro atoms. The fourth-order valence-corrected chi connectivity index (χ4v) is 0.490. The predicted octanol–water partition coefficient (Wildman–Crippen LogP) is -9.09. The number of rotatable bonds is 2. The van der Waals surface area contributed by atoms with Crippen LogP contribution in [-0.4, -0.2) is 0 Å². The van der Waals surface area contributed by atoms with Gasteiger partial charge in [0, 0.05) is 0 Å². The molecule has 0 saturated carbocycles. The monoisotopic (exact) mass is 220 g/mol. The topological polar surface area (TPSA) is 101 Å². The minimum Gasteiger partial charge on any atom is -0.820 e. The molecule has 9 heavy (non-hydrogen) atoms. The zero-order chi connectivity index (χ0) is 5.86. The Bertz CT molecular complexity index is 42.2. The van der Waals surface area contributed by atoms with Gasteiger partial charge in [0.2, 0.25) is 0 Å². The van der Waals surface area contributed by atoms with E-state index < -0.39 is 17.2 Å². The summed E-state index contributed by atoms with van der Waals surface area (Å²) in [5.74, 6) is 0. The van der Waals surface area contributed by atoms with Crippen molar-refractivity contribution in [1.82, 2.24) is 0 Å². The third-order valence-electron chi connectivity index (χ3n) is 0.133. The van der Waals surface area contributed by atoms with Crippen LogP contribution in [0.5, 0.6) is 0 Å². The van der Waals surface area contributed by atoms with Crippen LogP contribution in [0, 0.1) is 0 Å². The average molecular weight is 220 g/mol. The van der Waals surface area contributed by atoms with E-state index in [9.17, 15) is 19.6 Å². The van der Waals surface area contributed by atoms with Crippen molar-refractivity contribution in [3.05, 3.63) is 0 Å². The Balaban J connectivity index is -0.000000180. The van der Waals surface area contributed by atoms with E-state index in [4.69, 9.17) is 0 Å². The Morgan fingerprint density at radius 1 is 0.778 bits per heavy atom. The fraction of sp³-hybridized carbons (Fsp3) is 0. The maximum Gasteiger partial charge on any atom is 1.00 e. The van der Waals surface area contributed by atoms with Crippen molar-refractivity contribution in [2.45, 2.75) is 0 Å². The molecule has 0 unspecified atom stereocenters. The molecule has 0 aliphatic carbocycles. The Morgan fingerprint density at radius 3 is 1.00 bits per heavy atom. The van der Waals surface area contributed by atoms with Crippen molar-refractivity contribution in [3.8, 4) is 0 Å².